The molecule has 1 N–H and O–H groups in total. The van der Waals surface area contributed by atoms with E-state index in [2.05, 4.69) is 10.3 Å². The molecule has 0 radical (unpaired) electrons. The van der Waals surface area contributed by atoms with E-state index in [9.17, 15) is 13.2 Å². The van der Waals surface area contributed by atoms with E-state index in [0.29, 0.717) is 27.6 Å². The summed E-state index contributed by atoms with van der Waals surface area (Å²) in [5, 5.41) is 2.17. The van der Waals surface area contributed by atoms with E-state index in [-0.39, 0.29) is 23.8 Å². The molecule has 0 saturated carbocycles. The lowest BCUT2D eigenvalue weighted by atomic mass is 10.1. The zero-order valence-electron chi connectivity index (χ0n) is 17.6. The molecule has 7 nitrogen and oxygen atoms in total. The van der Waals surface area contributed by atoms with Gasteiger partial charge in [0.2, 0.25) is 5.91 Å². The Morgan fingerprint density at radius 2 is 1.78 bits per heavy atom. The second-order valence-electron chi connectivity index (χ2n) is 6.94. The van der Waals surface area contributed by atoms with Crippen molar-refractivity contribution in [2.45, 2.75) is 16.6 Å². The molecule has 0 aliphatic rings. The summed E-state index contributed by atoms with van der Waals surface area (Å²) < 4.78 is 37.1. The van der Waals surface area contributed by atoms with Gasteiger partial charge in [-0.3, -0.25) is 9.78 Å². The van der Waals surface area contributed by atoms with Crippen LogP contribution in [0.1, 0.15) is 16.4 Å². The lowest BCUT2D eigenvalue weighted by molar-refractivity contribution is -0.120. The molecule has 0 fully saturated rings. The molecule has 0 bridgehead atoms. The second kappa shape index (κ2) is 10.5. The molecule has 0 aliphatic heterocycles. The van der Waals surface area contributed by atoms with Crippen molar-refractivity contribution in [3.8, 4) is 11.5 Å². The van der Waals surface area contributed by atoms with Gasteiger partial charge in [0.05, 0.1) is 25.5 Å². The fraction of sp³-hybridized carbons (Fsp3) is 0.217. The lowest BCUT2D eigenvalue weighted by Crippen LogP contribution is -2.33. The van der Waals surface area contributed by atoms with Crippen molar-refractivity contribution in [2.75, 3.05) is 20.8 Å². The highest BCUT2D eigenvalue weighted by Gasteiger charge is 2.30. The number of ether oxygens (including phenoxy) is 2. The van der Waals surface area contributed by atoms with E-state index < -0.39 is 15.1 Å². The van der Waals surface area contributed by atoms with Crippen LogP contribution in [0, 0.1) is 0 Å². The summed E-state index contributed by atoms with van der Waals surface area (Å²) in [5.41, 5.74) is 1.19. The number of hydrogen-bond donors (Lipinski definition) is 1. The minimum Gasteiger partial charge on any atom is -0.493 e. The van der Waals surface area contributed by atoms with Crippen molar-refractivity contribution in [3.63, 3.8) is 0 Å². The van der Waals surface area contributed by atoms with Crippen LogP contribution in [-0.2, 0) is 21.1 Å². The Balaban J connectivity index is 1.79. The molecule has 32 heavy (non-hydrogen) atoms. The zero-order chi connectivity index (χ0) is 23.1. The van der Waals surface area contributed by atoms with E-state index in [1.54, 1.807) is 36.5 Å². The van der Waals surface area contributed by atoms with Crippen LogP contribution in [0.3, 0.4) is 0 Å². The van der Waals surface area contributed by atoms with Gasteiger partial charge in [0.1, 0.15) is 5.25 Å². The van der Waals surface area contributed by atoms with Crippen LogP contribution in [0.25, 0.3) is 0 Å². The smallest absolute Gasteiger partial charge is 0.224 e. The van der Waals surface area contributed by atoms with Gasteiger partial charge in [0, 0.05) is 24.0 Å². The summed E-state index contributed by atoms with van der Waals surface area (Å²) in [7, 11) is -0.762. The van der Waals surface area contributed by atoms with Gasteiger partial charge in [0.25, 0.3) is 0 Å². The Morgan fingerprint density at radius 3 is 2.41 bits per heavy atom. The van der Waals surface area contributed by atoms with Crippen molar-refractivity contribution < 1.29 is 22.7 Å². The van der Waals surface area contributed by atoms with Crippen LogP contribution in [0.4, 0.5) is 0 Å². The third-order valence-corrected chi connectivity index (χ3v) is 7.24. The van der Waals surface area contributed by atoms with Gasteiger partial charge in [-0.25, -0.2) is 8.42 Å². The summed E-state index contributed by atoms with van der Waals surface area (Å²) in [6.45, 7) is -0.108. The number of methoxy groups -OCH3 is 2. The maximum absolute atomic E-state index is 13.3. The van der Waals surface area contributed by atoms with E-state index >= 15 is 0 Å². The van der Waals surface area contributed by atoms with Crippen molar-refractivity contribution >= 4 is 27.3 Å². The fourth-order valence-electron chi connectivity index (χ4n) is 3.21. The van der Waals surface area contributed by atoms with Crippen LogP contribution in [0.2, 0.25) is 5.02 Å². The summed E-state index contributed by atoms with van der Waals surface area (Å²) >= 11 is 5.90. The van der Waals surface area contributed by atoms with Crippen LogP contribution in [-0.4, -0.2) is 40.1 Å². The molecule has 9 heteroatoms. The quantitative estimate of drug-likeness (QED) is 0.509. The molecular weight excluding hydrogens is 452 g/mol. The number of hydrogen-bond acceptors (Lipinski definition) is 6. The molecule has 0 spiro atoms. The lowest BCUT2D eigenvalue weighted by Gasteiger charge is -2.19. The van der Waals surface area contributed by atoms with Crippen molar-refractivity contribution in [1.29, 1.82) is 0 Å². The van der Waals surface area contributed by atoms with Gasteiger partial charge in [-0.2, -0.15) is 0 Å². The molecule has 1 amide bonds. The predicted octanol–water partition coefficient (Wildman–Crippen LogP) is 3.63. The van der Waals surface area contributed by atoms with Gasteiger partial charge < -0.3 is 14.8 Å². The largest absolute Gasteiger partial charge is 0.493 e. The number of pyridine rings is 1. The topological polar surface area (TPSA) is 94.6 Å². The summed E-state index contributed by atoms with van der Waals surface area (Å²) in [4.78, 5) is 16.7. The van der Waals surface area contributed by atoms with Gasteiger partial charge in [0.15, 0.2) is 21.3 Å². The van der Waals surface area contributed by atoms with Crippen LogP contribution >= 0.6 is 11.6 Å². The van der Waals surface area contributed by atoms with Crippen LogP contribution in [0.5, 0.6) is 11.5 Å². The summed E-state index contributed by atoms with van der Waals surface area (Å²) in [6.07, 6.45) is 3.10. The molecule has 1 heterocycles. The van der Waals surface area contributed by atoms with Crippen LogP contribution in [0.15, 0.2) is 71.9 Å². The van der Waals surface area contributed by atoms with Crippen molar-refractivity contribution in [2.24, 2.45) is 0 Å². The third kappa shape index (κ3) is 5.57. The monoisotopic (exact) mass is 474 g/mol. The first kappa shape index (κ1) is 23.6. The zero-order valence-corrected chi connectivity index (χ0v) is 19.2. The van der Waals surface area contributed by atoms with E-state index in [4.69, 9.17) is 21.1 Å². The number of sulfone groups is 1. The predicted molar refractivity (Wildman–Crippen MR) is 122 cm³/mol. The average molecular weight is 475 g/mol. The number of nitrogens with zero attached hydrogens (tertiary/aromatic N) is 1. The SMILES string of the molecule is COc1ccc(CC(=O)NCC(c2cccnc2)S(=O)(=O)c2ccc(Cl)cc2)cc1OC. The first-order chi connectivity index (χ1) is 15.3. The normalized spacial score (nSPS) is 12.1. The Hall–Kier alpha value is -3.10. The number of nitrogens with one attached hydrogen (secondary N) is 1. The van der Waals surface area contributed by atoms with E-state index in [0.717, 1.165) is 0 Å². The highest BCUT2D eigenvalue weighted by atomic mass is 35.5. The highest BCUT2D eigenvalue weighted by molar-refractivity contribution is 7.91. The molecule has 1 unspecified atom stereocenters. The van der Waals surface area contributed by atoms with E-state index in [1.807, 2.05) is 0 Å². The molecule has 0 saturated heterocycles. The van der Waals surface area contributed by atoms with Crippen molar-refractivity contribution in [1.82, 2.24) is 10.3 Å². The third-order valence-electron chi connectivity index (χ3n) is 4.87. The Bertz CT molecular complexity index is 1170. The molecule has 168 valence electrons. The number of aromatic nitrogens is 1. The molecule has 0 aliphatic carbocycles. The minimum atomic E-state index is -3.81. The number of carbonyl (C=O) groups is 1. The summed E-state index contributed by atoms with van der Waals surface area (Å²) in [6, 6.07) is 14.4. The molecule has 1 aromatic heterocycles. The standard InChI is InChI=1S/C23H23ClN2O5S/c1-30-20-10-5-16(12-21(20)31-2)13-23(27)26-15-22(17-4-3-11-25-14-17)32(28,29)19-8-6-18(24)7-9-19/h3-12,14,22H,13,15H2,1-2H3,(H,26,27). The number of carbonyl (C=O) groups excluding carboxylic acids is 1. The molecule has 3 rings (SSSR count). The van der Waals surface area contributed by atoms with E-state index in [1.165, 1.54) is 44.7 Å². The highest BCUT2D eigenvalue weighted by Crippen LogP contribution is 2.30. The maximum Gasteiger partial charge on any atom is 0.224 e. The first-order valence-electron chi connectivity index (χ1n) is 9.72. The number of rotatable bonds is 9. The Labute approximate surface area is 192 Å². The number of halogens is 1. The molecule has 1 atom stereocenters. The van der Waals surface area contributed by atoms with Gasteiger partial charge in [-0.15, -0.1) is 0 Å². The van der Waals surface area contributed by atoms with Crippen LogP contribution < -0.4 is 14.8 Å². The Kier molecular flexibility index (Phi) is 7.71. The molecular formula is C23H23ClN2O5S. The molecule has 2 aromatic carbocycles. The number of amides is 1. The second-order valence-corrected chi connectivity index (χ2v) is 9.51. The van der Waals surface area contributed by atoms with Gasteiger partial charge >= 0.3 is 0 Å². The number of benzene rings is 2. The van der Waals surface area contributed by atoms with Crippen molar-refractivity contribution in [3.05, 3.63) is 83.1 Å². The minimum absolute atomic E-state index is 0.0567. The van der Waals surface area contributed by atoms with Gasteiger partial charge in [-0.05, 0) is 53.6 Å². The Morgan fingerprint density at radius 1 is 1.06 bits per heavy atom. The summed E-state index contributed by atoms with van der Waals surface area (Å²) in [5.74, 6) is 0.746. The molecule has 3 aromatic rings. The fourth-order valence-corrected chi connectivity index (χ4v) is 4.98. The van der Waals surface area contributed by atoms with Gasteiger partial charge in [-0.1, -0.05) is 23.7 Å². The maximum atomic E-state index is 13.3. The first-order valence-corrected chi connectivity index (χ1v) is 11.6. The average Bonchev–Trinajstić information content (AvgIpc) is 2.80.